The van der Waals surface area contributed by atoms with Gasteiger partial charge in [0.15, 0.2) is 9.84 Å². The zero-order valence-corrected chi connectivity index (χ0v) is 11.6. The van der Waals surface area contributed by atoms with Gasteiger partial charge < -0.3 is 5.32 Å². The van der Waals surface area contributed by atoms with Crippen LogP contribution in [0.5, 0.6) is 0 Å². The van der Waals surface area contributed by atoms with Gasteiger partial charge >= 0.3 is 0 Å². The Morgan fingerprint density at radius 3 is 2.85 bits per heavy atom. The largest absolute Gasteiger partial charge is 0.315 e. The zero-order chi connectivity index (χ0) is 13.7. The van der Waals surface area contributed by atoms with Gasteiger partial charge in [-0.3, -0.25) is 4.98 Å². The minimum absolute atomic E-state index is 0.0895. The average Bonchev–Trinajstić information content (AvgIpc) is 3.04. The van der Waals surface area contributed by atoms with Crippen LogP contribution >= 0.6 is 0 Å². The fourth-order valence-corrected chi connectivity index (χ4v) is 5.40. The molecular formula is C15H14N2O2S. The van der Waals surface area contributed by atoms with Crippen molar-refractivity contribution in [3.8, 4) is 11.1 Å². The highest BCUT2D eigenvalue weighted by molar-refractivity contribution is 7.92. The summed E-state index contributed by atoms with van der Waals surface area (Å²) < 4.78 is 24.9. The molecule has 0 spiro atoms. The number of benzene rings is 1. The Labute approximate surface area is 117 Å². The van der Waals surface area contributed by atoms with Crippen LogP contribution in [-0.2, 0) is 9.84 Å². The first kappa shape index (κ1) is 12.1. The number of hydrogen-bond acceptors (Lipinski definition) is 4. The molecule has 2 aliphatic heterocycles. The fraction of sp³-hybridized carbons (Fsp3) is 0.267. The summed E-state index contributed by atoms with van der Waals surface area (Å²) in [6.07, 6.45) is 3.54. The van der Waals surface area contributed by atoms with Gasteiger partial charge in [-0.2, -0.15) is 0 Å². The molecule has 102 valence electrons. The Hall–Kier alpha value is -1.72. The van der Waals surface area contributed by atoms with Crippen molar-refractivity contribution in [3.63, 3.8) is 0 Å². The molecule has 2 aromatic rings. The Balaban J connectivity index is 1.89. The number of rotatable bonds is 1. The number of pyridine rings is 1. The molecule has 0 unspecified atom stereocenters. The molecular weight excluding hydrogens is 272 g/mol. The van der Waals surface area contributed by atoms with Gasteiger partial charge in [0.05, 0.1) is 10.1 Å². The normalized spacial score (nSPS) is 26.2. The van der Waals surface area contributed by atoms with Crippen LogP contribution in [0, 0.1) is 0 Å². The van der Waals surface area contributed by atoms with E-state index in [0.717, 1.165) is 23.2 Å². The highest BCUT2D eigenvalue weighted by Crippen LogP contribution is 2.43. The molecule has 5 heteroatoms. The van der Waals surface area contributed by atoms with Crippen molar-refractivity contribution in [2.45, 2.75) is 16.1 Å². The monoisotopic (exact) mass is 286 g/mol. The molecule has 20 heavy (non-hydrogen) atoms. The van der Waals surface area contributed by atoms with E-state index in [9.17, 15) is 8.42 Å². The summed E-state index contributed by atoms with van der Waals surface area (Å²) in [5.41, 5.74) is 3.00. The summed E-state index contributed by atoms with van der Waals surface area (Å²) >= 11 is 0. The first-order valence-corrected chi connectivity index (χ1v) is 8.21. The predicted molar refractivity (Wildman–Crippen MR) is 76.3 cm³/mol. The van der Waals surface area contributed by atoms with Crippen molar-refractivity contribution in [1.82, 2.24) is 10.3 Å². The first-order chi connectivity index (χ1) is 9.68. The lowest BCUT2D eigenvalue weighted by Gasteiger charge is -2.08. The van der Waals surface area contributed by atoms with Crippen LogP contribution in [0.15, 0.2) is 47.6 Å². The van der Waals surface area contributed by atoms with Crippen molar-refractivity contribution in [1.29, 1.82) is 0 Å². The minimum atomic E-state index is -3.16. The molecule has 1 aromatic heterocycles. The van der Waals surface area contributed by atoms with Gasteiger partial charge in [0.2, 0.25) is 0 Å². The first-order valence-electron chi connectivity index (χ1n) is 6.67. The average molecular weight is 286 g/mol. The van der Waals surface area contributed by atoms with Crippen molar-refractivity contribution in [3.05, 3.63) is 48.3 Å². The number of hydrogen-bond donors (Lipinski definition) is 1. The molecule has 0 bridgehead atoms. The number of nitrogens with one attached hydrogen (secondary N) is 1. The number of nitrogens with zero attached hydrogens (tertiary/aromatic N) is 1. The van der Waals surface area contributed by atoms with Crippen LogP contribution in [0.1, 0.15) is 11.5 Å². The second-order valence-electron chi connectivity index (χ2n) is 5.34. The summed E-state index contributed by atoms with van der Waals surface area (Å²) in [5.74, 6) is 0.0895. The molecule has 4 rings (SSSR count). The molecule has 4 nitrogen and oxygen atoms in total. The number of aromatic nitrogens is 1. The van der Waals surface area contributed by atoms with Crippen LogP contribution in [0.25, 0.3) is 11.1 Å². The lowest BCUT2D eigenvalue weighted by atomic mass is 9.95. The Bertz CT molecular complexity index is 772. The van der Waals surface area contributed by atoms with Crippen LogP contribution in [0.2, 0.25) is 0 Å². The van der Waals surface area contributed by atoms with E-state index in [2.05, 4.69) is 10.3 Å². The van der Waals surface area contributed by atoms with Gasteiger partial charge in [-0.25, -0.2) is 8.42 Å². The smallest absolute Gasteiger partial charge is 0.183 e. The van der Waals surface area contributed by atoms with Crippen molar-refractivity contribution < 1.29 is 8.42 Å². The molecule has 2 atom stereocenters. The molecule has 2 aliphatic rings. The predicted octanol–water partition coefficient (Wildman–Crippen LogP) is 1.59. The molecule has 1 aromatic carbocycles. The van der Waals surface area contributed by atoms with Gasteiger partial charge in [0.1, 0.15) is 0 Å². The third kappa shape index (κ3) is 1.57. The van der Waals surface area contributed by atoms with E-state index in [0.29, 0.717) is 11.4 Å². The molecule has 0 saturated carbocycles. The second-order valence-corrected chi connectivity index (χ2v) is 7.48. The lowest BCUT2D eigenvalue weighted by Crippen LogP contribution is -2.22. The number of sulfone groups is 1. The van der Waals surface area contributed by atoms with Crippen molar-refractivity contribution in [2.75, 3.05) is 13.1 Å². The fourth-order valence-electron chi connectivity index (χ4n) is 3.26. The third-order valence-corrected chi connectivity index (χ3v) is 6.54. The highest BCUT2D eigenvalue weighted by atomic mass is 32.2. The van der Waals surface area contributed by atoms with Crippen molar-refractivity contribution >= 4 is 9.84 Å². The van der Waals surface area contributed by atoms with E-state index in [1.807, 2.05) is 24.3 Å². The summed E-state index contributed by atoms with van der Waals surface area (Å²) in [7, 11) is -3.16. The SMILES string of the molecule is O=S1(=O)c2ccc(-c3cccnc3)cc2[C@@H]2CNC[C@@H]21. The Morgan fingerprint density at radius 2 is 2.05 bits per heavy atom. The van der Waals surface area contributed by atoms with E-state index >= 15 is 0 Å². The van der Waals surface area contributed by atoms with E-state index < -0.39 is 9.84 Å². The van der Waals surface area contributed by atoms with Gasteiger partial charge in [-0.05, 0) is 34.9 Å². The molecule has 0 aliphatic carbocycles. The molecule has 1 fully saturated rings. The maximum absolute atomic E-state index is 12.5. The standard InChI is InChI=1S/C15H14N2O2S/c18-20(19)14-4-3-10(11-2-1-5-16-7-11)6-12(14)13-8-17-9-15(13)20/h1-7,13,15,17H,8-9H2/t13-,15-/m0/s1. The second kappa shape index (κ2) is 4.14. The quantitative estimate of drug-likeness (QED) is 0.865. The summed E-state index contributed by atoms with van der Waals surface area (Å²) in [6, 6.07) is 9.52. The van der Waals surface area contributed by atoms with Gasteiger partial charge in [-0.15, -0.1) is 0 Å². The third-order valence-electron chi connectivity index (χ3n) is 4.27. The van der Waals surface area contributed by atoms with Crippen LogP contribution in [0.3, 0.4) is 0 Å². The number of fused-ring (bicyclic) bond motifs is 3. The Kier molecular flexibility index (Phi) is 2.49. The molecule has 1 saturated heterocycles. The topological polar surface area (TPSA) is 59.1 Å². The highest BCUT2D eigenvalue weighted by Gasteiger charge is 2.47. The maximum atomic E-state index is 12.5. The lowest BCUT2D eigenvalue weighted by molar-refractivity contribution is 0.587. The van der Waals surface area contributed by atoms with Gasteiger partial charge in [0.25, 0.3) is 0 Å². The molecule has 0 radical (unpaired) electrons. The maximum Gasteiger partial charge on any atom is 0.183 e. The van der Waals surface area contributed by atoms with Crippen LogP contribution in [-0.4, -0.2) is 31.7 Å². The molecule has 3 heterocycles. The van der Waals surface area contributed by atoms with E-state index in [4.69, 9.17) is 0 Å². The van der Waals surface area contributed by atoms with Crippen LogP contribution in [0.4, 0.5) is 0 Å². The summed E-state index contributed by atoms with van der Waals surface area (Å²) in [5, 5.41) is 2.90. The van der Waals surface area contributed by atoms with Gasteiger partial charge in [0, 0.05) is 31.4 Å². The van der Waals surface area contributed by atoms with Crippen molar-refractivity contribution in [2.24, 2.45) is 0 Å². The molecule has 0 amide bonds. The van der Waals surface area contributed by atoms with E-state index in [-0.39, 0.29) is 11.2 Å². The minimum Gasteiger partial charge on any atom is -0.315 e. The van der Waals surface area contributed by atoms with Gasteiger partial charge in [-0.1, -0.05) is 12.1 Å². The Morgan fingerprint density at radius 1 is 1.15 bits per heavy atom. The van der Waals surface area contributed by atoms with E-state index in [1.165, 1.54) is 0 Å². The molecule has 1 N–H and O–H groups in total. The summed E-state index contributed by atoms with van der Waals surface area (Å²) in [6.45, 7) is 1.30. The zero-order valence-electron chi connectivity index (χ0n) is 10.8. The summed E-state index contributed by atoms with van der Waals surface area (Å²) in [4.78, 5) is 4.63. The van der Waals surface area contributed by atoms with E-state index in [1.54, 1.807) is 18.5 Å². The van der Waals surface area contributed by atoms with Crippen LogP contribution < -0.4 is 5.32 Å².